The van der Waals surface area contributed by atoms with Gasteiger partial charge in [-0.25, -0.2) is 0 Å². The van der Waals surface area contributed by atoms with Crippen molar-refractivity contribution in [1.29, 1.82) is 5.26 Å². The lowest BCUT2D eigenvalue weighted by atomic mass is 9.70. The van der Waals surface area contributed by atoms with Crippen LogP contribution in [-0.2, 0) is 5.41 Å². The second-order valence-electron chi connectivity index (χ2n) is 5.85. The normalized spacial score (nSPS) is 14.2. The van der Waals surface area contributed by atoms with Gasteiger partial charge in [0.2, 0.25) is 0 Å². The van der Waals surface area contributed by atoms with Crippen LogP contribution >= 0.6 is 11.6 Å². The molecule has 0 saturated carbocycles. The van der Waals surface area contributed by atoms with Crippen molar-refractivity contribution in [2.45, 2.75) is 46.0 Å². The third kappa shape index (κ3) is 4.22. The molecule has 1 aromatic carbocycles. The number of nitrogens with zero attached hydrogens (tertiary/aromatic N) is 2. The highest BCUT2D eigenvalue weighted by atomic mass is 35.5. The largest absolute Gasteiger partial charge is 0.304 e. The molecule has 1 rings (SSSR count). The van der Waals surface area contributed by atoms with Gasteiger partial charge in [0.1, 0.15) is 0 Å². The minimum atomic E-state index is -0.495. The molecular formula is C18H27ClN2. The zero-order valence-corrected chi connectivity index (χ0v) is 14.5. The molecule has 116 valence electrons. The topological polar surface area (TPSA) is 27.0 Å². The Morgan fingerprint density at radius 1 is 1.24 bits per heavy atom. The van der Waals surface area contributed by atoms with Crippen molar-refractivity contribution in [2.75, 3.05) is 19.6 Å². The number of hydrogen-bond acceptors (Lipinski definition) is 2. The van der Waals surface area contributed by atoms with Crippen LogP contribution in [0.5, 0.6) is 0 Å². The first-order chi connectivity index (χ1) is 10.0. The Balaban J connectivity index is 2.96. The smallest absolute Gasteiger partial charge is 0.0859 e. The predicted molar refractivity (Wildman–Crippen MR) is 90.6 cm³/mol. The van der Waals surface area contributed by atoms with Crippen molar-refractivity contribution in [3.05, 3.63) is 34.9 Å². The van der Waals surface area contributed by atoms with Crippen LogP contribution in [0.4, 0.5) is 0 Å². The van der Waals surface area contributed by atoms with Crippen molar-refractivity contribution < 1.29 is 0 Å². The third-order valence-electron chi connectivity index (χ3n) is 4.48. The molecule has 0 saturated heterocycles. The second kappa shape index (κ2) is 8.41. The van der Waals surface area contributed by atoms with Crippen LogP contribution in [0.25, 0.3) is 0 Å². The molecule has 0 heterocycles. The lowest BCUT2D eigenvalue weighted by Crippen LogP contribution is -2.33. The maximum absolute atomic E-state index is 9.88. The summed E-state index contributed by atoms with van der Waals surface area (Å²) in [5.74, 6) is 0.235. The molecule has 1 aromatic rings. The highest BCUT2D eigenvalue weighted by Crippen LogP contribution is 2.39. The summed E-state index contributed by atoms with van der Waals surface area (Å²) >= 11 is 6.37. The molecule has 0 aliphatic rings. The SMILES string of the molecule is CCN(CC)CCC[C@](C#N)(c1ccccc1Cl)C(C)C. The summed E-state index contributed by atoms with van der Waals surface area (Å²) in [5, 5.41) is 10.6. The van der Waals surface area contributed by atoms with E-state index in [9.17, 15) is 5.26 Å². The number of nitriles is 1. The molecule has 0 aliphatic heterocycles. The minimum absolute atomic E-state index is 0.235. The predicted octanol–water partition coefficient (Wildman–Crippen LogP) is 4.88. The minimum Gasteiger partial charge on any atom is -0.304 e. The summed E-state index contributed by atoms with van der Waals surface area (Å²) in [6.45, 7) is 11.7. The molecule has 0 bridgehead atoms. The Hall–Kier alpha value is -1.04. The van der Waals surface area contributed by atoms with Crippen LogP contribution in [-0.4, -0.2) is 24.5 Å². The van der Waals surface area contributed by atoms with Gasteiger partial charge in [0.15, 0.2) is 0 Å². The van der Waals surface area contributed by atoms with Crippen LogP contribution < -0.4 is 0 Å². The molecule has 0 radical (unpaired) electrons. The Labute approximate surface area is 134 Å². The van der Waals surface area contributed by atoms with Crippen molar-refractivity contribution in [3.8, 4) is 6.07 Å². The Morgan fingerprint density at radius 2 is 1.86 bits per heavy atom. The van der Waals surface area contributed by atoms with Crippen LogP contribution in [0.1, 0.15) is 46.1 Å². The summed E-state index contributed by atoms with van der Waals surface area (Å²) in [6.07, 6.45) is 1.86. The summed E-state index contributed by atoms with van der Waals surface area (Å²) in [7, 11) is 0. The van der Waals surface area contributed by atoms with E-state index in [1.807, 2.05) is 24.3 Å². The van der Waals surface area contributed by atoms with Crippen molar-refractivity contribution in [2.24, 2.45) is 5.92 Å². The third-order valence-corrected chi connectivity index (χ3v) is 4.81. The summed E-state index contributed by atoms with van der Waals surface area (Å²) in [4.78, 5) is 2.40. The fourth-order valence-corrected chi connectivity index (χ4v) is 3.23. The van der Waals surface area contributed by atoms with Gasteiger partial charge in [0.25, 0.3) is 0 Å². The first kappa shape index (κ1) is 18.0. The average molecular weight is 307 g/mol. The molecule has 0 aliphatic carbocycles. The first-order valence-corrected chi connectivity index (χ1v) is 8.28. The molecule has 1 atom stereocenters. The van der Waals surface area contributed by atoms with E-state index in [0.29, 0.717) is 5.02 Å². The lowest BCUT2D eigenvalue weighted by molar-refractivity contribution is 0.272. The van der Waals surface area contributed by atoms with Crippen molar-refractivity contribution >= 4 is 11.6 Å². The lowest BCUT2D eigenvalue weighted by Gasteiger charge is -2.33. The number of halogens is 1. The van der Waals surface area contributed by atoms with E-state index in [2.05, 4.69) is 38.7 Å². The van der Waals surface area contributed by atoms with Gasteiger partial charge in [-0.2, -0.15) is 5.26 Å². The van der Waals surface area contributed by atoms with Gasteiger partial charge < -0.3 is 4.90 Å². The quantitative estimate of drug-likeness (QED) is 0.684. The van der Waals surface area contributed by atoms with Crippen molar-refractivity contribution in [1.82, 2.24) is 4.90 Å². The fraction of sp³-hybridized carbons (Fsp3) is 0.611. The monoisotopic (exact) mass is 306 g/mol. The zero-order chi connectivity index (χ0) is 15.9. The van der Waals surface area contributed by atoms with Gasteiger partial charge in [0.05, 0.1) is 11.5 Å². The zero-order valence-electron chi connectivity index (χ0n) is 13.7. The molecule has 3 heteroatoms. The van der Waals surface area contributed by atoms with Crippen molar-refractivity contribution in [3.63, 3.8) is 0 Å². The molecule has 0 N–H and O–H groups in total. The molecule has 0 fully saturated rings. The first-order valence-electron chi connectivity index (χ1n) is 7.90. The van der Waals surface area contributed by atoms with Gasteiger partial charge in [0, 0.05) is 5.02 Å². The van der Waals surface area contributed by atoms with Gasteiger partial charge >= 0.3 is 0 Å². The van der Waals surface area contributed by atoms with E-state index in [-0.39, 0.29) is 5.92 Å². The maximum atomic E-state index is 9.88. The Kier molecular flexibility index (Phi) is 7.22. The average Bonchev–Trinajstić information content (AvgIpc) is 2.49. The Morgan fingerprint density at radius 3 is 2.33 bits per heavy atom. The van der Waals surface area contributed by atoms with Gasteiger partial charge in [-0.1, -0.05) is 57.5 Å². The van der Waals surface area contributed by atoms with E-state index >= 15 is 0 Å². The molecule has 21 heavy (non-hydrogen) atoms. The van der Waals surface area contributed by atoms with Gasteiger partial charge in [-0.3, -0.25) is 0 Å². The molecule has 0 aromatic heterocycles. The molecule has 0 amide bonds. The summed E-state index contributed by atoms with van der Waals surface area (Å²) in [6, 6.07) is 10.4. The van der Waals surface area contributed by atoms with Crippen LogP contribution in [0.3, 0.4) is 0 Å². The van der Waals surface area contributed by atoms with E-state index < -0.39 is 5.41 Å². The highest BCUT2D eigenvalue weighted by Gasteiger charge is 2.37. The summed E-state index contributed by atoms with van der Waals surface area (Å²) in [5.41, 5.74) is 0.481. The molecule has 2 nitrogen and oxygen atoms in total. The standard InChI is InChI=1S/C18H27ClN2/c1-5-21(6-2)13-9-12-18(14-20,15(3)4)16-10-7-8-11-17(16)19/h7-8,10-11,15H,5-6,9,12-13H2,1-4H3/t18-/m1/s1. The molecular weight excluding hydrogens is 280 g/mol. The Bertz CT molecular complexity index is 474. The highest BCUT2D eigenvalue weighted by molar-refractivity contribution is 6.31. The molecule has 0 unspecified atom stereocenters. The van der Waals surface area contributed by atoms with Crippen LogP contribution in [0, 0.1) is 17.2 Å². The van der Waals surface area contributed by atoms with E-state index in [1.54, 1.807) is 0 Å². The van der Waals surface area contributed by atoms with Crippen LogP contribution in [0.15, 0.2) is 24.3 Å². The number of hydrogen-bond donors (Lipinski definition) is 0. The number of benzene rings is 1. The van der Waals surface area contributed by atoms with Gasteiger partial charge in [-0.15, -0.1) is 0 Å². The summed E-state index contributed by atoms with van der Waals surface area (Å²) < 4.78 is 0. The van der Waals surface area contributed by atoms with E-state index in [4.69, 9.17) is 11.6 Å². The van der Waals surface area contributed by atoms with E-state index in [1.165, 1.54) is 0 Å². The van der Waals surface area contributed by atoms with Gasteiger partial charge in [-0.05, 0) is 50.0 Å². The second-order valence-corrected chi connectivity index (χ2v) is 6.26. The van der Waals surface area contributed by atoms with Crippen LogP contribution in [0.2, 0.25) is 5.02 Å². The molecule has 0 spiro atoms. The fourth-order valence-electron chi connectivity index (χ4n) is 2.92. The van der Waals surface area contributed by atoms with E-state index in [0.717, 1.165) is 38.0 Å². The maximum Gasteiger partial charge on any atom is 0.0859 e. The number of rotatable bonds is 8.